The van der Waals surface area contributed by atoms with E-state index >= 15 is 0 Å². The minimum atomic E-state index is -0.879. The number of nitrogens with one attached hydrogen (secondary N) is 1. The van der Waals surface area contributed by atoms with E-state index < -0.39 is 17.8 Å². The summed E-state index contributed by atoms with van der Waals surface area (Å²) in [6, 6.07) is 2.13. The van der Waals surface area contributed by atoms with Gasteiger partial charge in [0, 0.05) is 6.04 Å². The summed E-state index contributed by atoms with van der Waals surface area (Å²) in [6.45, 7) is 0. The van der Waals surface area contributed by atoms with Gasteiger partial charge in [0.15, 0.2) is 0 Å². The van der Waals surface area contributed by atoms with Crippen LogP contribution in [-0.2, 0) is 9.59 Å². The third-order valence-electron chi connectivity index (χ3n) is 4.18. The van der Waals surface area contributed by atoms with Crippen LogP contribution in [0, 0.1) is 29.1 Å². The molecule has 2 fully saturated rings. The highest BCUT2D eigenvalue weighted by atomic mass is 16.4. The zero-order valence-electron chi connectivity index (χ0n) is 10.3. The molecule has 2 aliphatic rings. The molecule has 0 aliphatic heterocycles. The largest absolute Gasteiger partial charge is 0.481 e. The number of carbonyl (C=O) groups is 2. The first kappa shape index (κ1) is 12.9. The second-order valence-corrected chi connectivity index (χ2v) is 5.26. The highest BCUT2D eigenvalue weighted by Crippen LogP contribution is 2.33. The van der Waals surface area contributed by atoms with Crippen LogP contribution in [-0.4, -0.2) is 23.0 Å². The van der Waals surface area contributed by atoms with E-state index in [1.54, 1.807) is 0 Å². The number of nitrogens with zero attached hydrogens (tertiary/aromatic N) is 1. The van der Waals surface area contributed by atoms with Crippen molar-refractivity contribution in [2.75, 3.05) is 0 Å². The van der Waals surface area contributed by atoms with Crippen molar-refractivity contribution in [2.24, 2.45) is 17.8 Å². The molecule has 18 heavy (non-hydrogen) atoms. The minimum absolute atomic E-state index is 0.0856. The lowest BCUT2D eigenvalue weighted by Crippen LogP contribution is -2.42. The van der Waals surface area contributed by atoms with Gasteiger partial charge in [0.1, 0.15) is 0 Å². The number of aliphatic carboxylic acids is 1. The van der Waals surface area contributed by atoms with Crippen molar-refractivity contribution in [1.29, 1.82) is 5.26 Å². The van der Waals surface area contributed by atoms with Crippen molar-refractivity contribution in [3.63, 3.8) is 0 Å². The summed E-state index contributed by atoms with van der Waals surface area (Å²) >= 11 is 0. The fourth-order valence-corrected chi connectivity index (χ4v) is 3.15. The maximum atomic E-state index is 12.1. The van der Waals surface area contributed by atoms with Crippen molar-refractivity contribution in [3.8, 4) is 6.07 Å². The highest BCUT2D eigenvalue weighted by molar-refractivity contribution is 5.85. The zero-order chi connectivity index (χ0) is 13.1. The molecule has 2 rings (SSSR count). The molecule has 2 saturated carbocycles. The van der Waals surface area contributed by atoms with Crippen molar-refractivity contribution < 1.29 is 14.7 Å². The Morgan fingerprint density at radius 1 is 1.11 bits per heavy atom. The van der Waals surface area contributed by atoms with Gasteiger partial charge >= 0.3 is 5.97 Å². The Labute approximate surface area is 106 Å². The predicted molar refractivity (Wildman–Crippen MR) is 63.4 cm³/mol. The van der Waals surface area contributed by atoms with Gasteiger partial charge < -0.3 is 10.4 Å². The first-order chi connectivity index (χ1) is 8.63. The van der Waals surface area contributed by atoms with E-state index in [1.807, 2.05) is 0 Å². The fraction of sp³-hybridized carbons (Fsp3) is 0.769. The number of carboxylic acid groups (broad SMARTS) is 1. The Morgan fingerprint density at radius 3 is 2.44 bits per heavy atom. The maximum Gasteiger partial charge on any atom is 0.307 e. The van der Waals surface area contributed by atoms with E-state index in [0.29, 0.717) is 12.8 Å². The highest BCUT2D eigenvalue weighted by Gasteiger charge is 2.39. The van der Waals surface area contributed by atoms with Crippen LogP contribution in [0.15, 0.2) is 0 Å². The molecule has 0 heterocycles. The molecule has 2 unspecified atom stereocenters. The van der Waals surface area contributed by atoms with Gasteiger partial charge in [-0.3, -0.25) is 9.59 Å². The van der Waals surface area contributed by atoms with Gasteiger partial charge in [-0.1, -0.05) is 6.42 Å². The molecule has 0 spiro atoms. The maximum absolute atomic E-state index is 12.1. The first-order valence-electron chi connectivity index (χ1n) is 6.56. The summed E-state index contributed by atoms with van der Waals surface area (Å²) in [4.78, 5) is 23.1. The van der Waals surface area contributed by atoms with Crippen molar-refractivity contribution >= 4 is 11.9 Å². The average Bonchev–Trinajstić information content (AvgIpc) is 2.96. The van der Waals surface area contributed by atoms with Crippen LogP contribution < -0.4 is 5.32 Å². The minimum Gasteiger partial charge on any atom is -0.481 e. The van der Waals surface area contributed by atoms with Gasteiger partial charge in [0.25, 0.3) is 0 Å². The van der Waals surface area contributed by atoms with Gasteiger partial charge in [-0.05, 0) is 32.1 Å². The average molecular weight is 250 g/mol. The van der Waals surface area contributed by atoms with Crippen LogP contribution in [0.4, 0.5) is 0 Å². The summed E-state index contributed by atoms with van der Waals surface area (Å²) < 4.78 is 0. The predicted octanol–water partition coefficient (Wildman–Crippen LogP) is 1.30. The van der Waals surface area contributed by atoms with Crippen molar-refractivity contribution in [3.05, 3.63) is 0 Å². The standard InChI is InChI=1S/C13H18N2O3/c14-7-8-3-1-6-11(8)15-12(16)9-4-2-5-10(9)13(17)18/h8-11H,1-6H2,(H,15,16)(H,17,18)/t8?,9-,10+,11?/m1/s1. The topological polar surface area (TPSA) is 90.2 Å². The van der Waals surface area contributed by atoms with E-state index in [-0.39, 0.29) is 17.9 Å². The molecular weight excluding hydrogens is 232 g/mol. The molecule has 4 atom stereocenters. The van der Waals surface area contributed by atoms with Crippen LogP contribution in [0.1, 0.15) is 38.5 Å². The Bertz CT molecular complexity index is 388. The Balaban J connectivity index is 1.95. The van der Waals surface area contributed by atoms with Crippen molar-refractivity contribution in [1.82, 2.24) is 5.32 Å². The monoisotopic (exact) mass is 250 g/mol. The van der Waals surface area contributed by atoms with E-state index in [0.717, 1.165) is 25.7 Å². The normalized spacial score (nSPS) is 35.1. The fourth-order valence-electron chi connectivity index (χ4n) is 3.15. The molecule has 98 valence electrons. The molecule has 0 aromatic rings. The molecule has 0 aromatic heterocycles. The van der Waals surface area contributed by atoms with E-state index in [9.17, 15) is 9.59 Å². The number of hydrogen-bond donors (Lipinski definition) is 2. The number of amides is 1. The Hall–Kier alpha value is -1.57. The first-order valence-corrected chi connectivity index (χ1v) is 6.56. The molecule has 2 N–H and O–H groups in total. The molecule has 0 aromatic carbocycles. The number of carbonyl (C=O) groups excluding carboxylic acids is 1. The zero-order valence-corrected chi connectivity index (χ0v) is 10.3. The van der Waals surface area contributed by atoms with Gasteiger partial charge in [-0.25, -0.2) is 0 Å². The van der Waals surface area contributed by atoms with Crippen LogP contribution in [0.25, 0.3) is 0 Å². The SMILES string of the molecule is N#CC1CCCC1NC(=O)[C@@H]1CCC[C@@H]1C(=O)O. The van der Waals surface area contributed by atoms with Gasteiger partial charge in [0.2, 0.25) is 5.91 Å². The van der Waals surface area contributed by atoms with Crippen LogP contribution >= 0.6 is 0 Å². The molecule has 0 radical (unpaired) electrons. The number of carboxylic acids is 1. The molecule has 5 heteroatoms. The van der Waals surface area contributed by atoms with E-state index in [1.165, 1.54) is 0 Å². The lowest BCUT2D eigenvalue weighted by Gasteiger charge is -2.20. The Kier molecular flexibility index (Phi) is 3.85. The second-order valence-electron chi connectivity index (χ2n) is 5.26. The quantitative estimate of drug-likeness (QED) is 0.789. The number of rotatable bonds is 3. The smallest absolute Gasteiger partial charge is 0.307 e. The summed E-state index contributed by atoms with van der Waals surface area (Å²) in [6.07, 6.45) is 4.63. The van der Waals surface area contributed by atoms with Gasteiger partial charge in [-0.2, -0.15) is 5.26 Å². The Morgan fingerprint density at radius 2 is 1.78 bits per heavy atom. The summed E-state index contributed by atoms with van der Waals surface area (Å²) in [7, 11) is 0. The molecule has 0 bridgehead atoms. The molecular formula is C13H18N2O3. The molecule has 1 amide bonds. The lowest BCUT2D eigenvalue weighted by atomic mass is 9.94. The van der Waals surface area contributed by atoms with Crippen LogP contribution in [0.5, 0.6) is 0 Å². The molecule has 2 aliphatic carbocycles. The van der Waals surface area contributed by atoms with E-state index in [4.69, 9.17) is 10.4 Å². The summed E-state index contributed by atoms with van der Waals surface area (Å²) in [5.74, 6) is -2.13. The van der Waals surface area contributed by atoms with Crippen LogP contribution in [0.3, 0.4) is 0 Å². The number of nitriles is 1. The van der Waals surface area contributed by atoms with E-state index in [2.05, 4.69) is 11.4 Å². The lowest BCUT2D eigenvalue weighted by molar-refractivity contribution is -0.146. The van der Waals surface area contributed by atoms with Gasteiger partial charge in [-0.15, -0.1) is 0 Å². The third-order valence-corrected chi connectivity index (χ3v) is 4.18. The van der Waals surface area contributed by atoms with Gasteiger partial charge in [0.05, 0.1) is 23.8 Å². The molecule has 5 nitrogen and oxygen atoms in total. The summed E-state index contributed by atoms with van der Waals surface area (Å²) in [5.41, 5.74) is 0. The van der Waals surface area contributed by atoms with Crippen LogP contribution in [0.2, 0.25) is 0 Å². The summed E-state index contributed by atoms with van der Waals surface area (Å²) in [5, 5.41) is 20.9. The number of hydrogen-bond acceptors (Lipinski definition) is 3. The second kappa shape index (κ2) is 5.38. The third kappa shape index (κ3) is 2.47. The van der Waals surface area contributed by atoms with Crippen molar-refractivity contribution in [2.45, 2.75) is 44.6 Å². The molecule has 0 saturated heterocycles.